The topological polar surface area (TPSA) is 54.0 Å². The number of ether oxygens (including phenoxy) is 2. The second kappa shape index (κ2) is 9.13. The van der Waals surface area contributed by atoms with Gasteiger partial charge in [-0.2, -0.15) is 0 Å². The maximum absolute atomic E-state index is 12.8. The summed E-state index contributed by atoms with van der Waals surface area (Å²) in [7, 11) is 0. The largest absolute Gasteiger partial charge is 0.485 e. The van der Waals surface area contributed by atoms with Gasteiger partial charge in [-0.15, -0.1) is 0 Å². The van der Waals surface area contributed by atoms with Crippen LogP contribution in [0.1, 0.15) is 5.56 Å². The minimum Gasteiger partial charge on any atom is -0.485 e. The van der Waals surface area contributed by atoms with Crippen molar-refractivity contribution in [3.63, 3.8) is 0 Å². The standard InChI is InChI=1S/C22H25N3O3S/c26-21(20-16-27-18-8-4-5-9-19(18)28-20)24-12-14-25(15-13-24)22(29)23-11-10-17-6-2-1-3-7-17/h1-9,20H,10-16H2,(H,23,29). The molecule has 0 aliphatic carbocycles. The maximum Gasteiger partial charge on any atom is 0.267 e. The molecule has 152 valence electrons. The Hall–Kier alpha value is -2.80. The van der Waals surface area contributed by atoms with E-state index in [9.17, 15) is 4.79 Å². The minimum absolute atomic E-state index is 0.0258. The Morgan fingerprint density at radius 3 is 2.38 bits per heavy atom. The predicted octanol–water partition coefficient (Wildman–Crippen LogP) is 2.09. The number of thiocarbonyl (C=S) groups is 1. The lowest BCUT2D eigenvalue weighted by Crippen LogP contribution is -2.56. The van der Waals surface area contributed by atoms with Gasteiger partial charge >= 0.3 is 0 Å². The van der Waals surface area contributed by atoms with E-state index in [0.717, 1.165) is 18.1 Å². The number of hydrogen-bond donors (Lipinski definition) is 1. The first kappa shape index (κ1) is 19.5. The third-order valence-corrected chi connectivity index (χ3v) is 5.60. The molecule has 4 rings (SSSR count). The third kappa shape index (κ3) is 4.79. The zero-order valence-electron chi connectivity index (χ0n) is 16.3. The van der Waals surface area contributed by atoms with Gasteiger partial charge in [-0.25, -0.2) is 0 Å². The first-order valence-corrected chi connectivity index (χ1v) is 10.4. The van der Waals surface area contributed by atoms with E-state index in [-0.39, 0.29) is 12.5 Å². The lowest BCUT2D eigenvalue weighted by Gasteiger charge is -2.38. The third-order valence-electron chi connectivity index (χ3n) is 5.20. The van der Waals surface area contributed by atoms with Crippen molar-refractivity contribution in [3.05, 3.63) is 60.2 Å². The smallest absolute Gasteiger partial charge is 0.267 e. The Bertz CT molecular complexity index is 853. The van der Waals surface area contributed by atoms with Crippen LogP contribution in [0.3, 0.4) is 0 Å². The molecule has 1 saturated heterocycles. The number of carbonyl (C=O) groups excluding carboxylic acids is 1. The highest BCUT2D eigenvalue weighted by molar-refractivity contribution is 7.80. The van der Waals surface area contributed by atoms with Crippen LogP contribution in [0.5, 0.6) is 11.5 Å². The van der Waals surface area contributed by atoms with E-state index >= 15 is 0 Å². The Morgan fingerprint density at radius 2 is 1.62 bits per heavy atom. The van der Waals surface area contributed by atoms with Crippen molar-refractivity contribution in [2.75, 3.05) is 39.3 Å². The molecule has 1 amide bonds. The van der Waals surface area contributed by atoms with Gasteiger partial charge in [0.15, 0.2) is 16.6 Å². The van der Waals surface area contributed by atoms with Crippen LogP contribution in [0.2, 0.25) is 0 Å². The average Bonchev–Trinajstić information content (AvgIpc) is 2.79. The molecule has 1 atom stereocenters. The molecule has 0 aromatic heterocycles. The van der Waals surface area contributed by atoms with E-state index in [0.29, 0.717) is 37.7 Å². The fourth-order valence-corrected chi connectivity index (χ4v) is 3.83. The van der Waals surface area contributed by atoms with Gasteiger partial charge in [0.05, 0.1) is 0 Å². The number of carbonyl (C=O) groups is 1. The fourth-order valence-electron chi connectivity index (χ4n) is 3.55. The van der Waals surface area contributed by atoms with Crippen molar-refractivity contribution in [2.45, 2.75) is 12.5 Å². The minimum atomic E-state index is -0.590. The van der Waals surface area contributed by atoms with Gasteiger partial charge in [0.1, 0.15) is 6.61 Å². The van der Waals surface area contributed by atoms with E-state index in [1.54, 1.807) is 0 Å². The summed E-state index contributed by atoms with van der Waals surface area (Å²) in [5.74, 6) is 1.29. The molecule has 6 nitrogen and oxygen atoms in total. The molecule has 1 unspecified atom stereocenters. The number of nitrogens with one attached hydrogen (secondary N) is 1. The van der Waals surface area contributed by atoms with Gasteiger partial charge in [-0.3, -0.25) is 4.79 Å². The molecule has 0 radical (unpaired) electrons. The molecule has 2 aromatic carbocycles. The van der Waals surface area contributed by atoms with Gasteiger partial charge in [-0.1, -0.05) is 42.5 Å². The molecular weight excluding hydrogens is 386 g/mol. The lowest BCUT2D eigenvalue weighted by molar-refractivity contribution is -0.142. The Morgan fingerprint density at radius 1 is 0.966 bits per heavy atom. The molecule has 2 heterocycles. The molecule has 2 aliphatic heterocycles. The normalized spacial score (nSPS) is 18.3. The van der Waals surface area contributed by atoms with Gasteiger partial charge in [0.25, 0.3) is 5.91 Å². The molecule has 0 spiro atoms. The van der Waals surface area contributed by atoms with E-state index in [1.165, 1.54) is 5.56 Å². The number of piperazine rings is 1. The van der Waals surface area contributed by atoms with E-state index in [4.69, 9.17) is 21.7 Å². The second-order valence-corrected chi connectivity index (χ2v) is 7.53. The van der Waals surface area contributed by atoms with Crippen LogP contribution in [0, 0.1) is 0 Å². The van der Waals surface area contributed by atoms with Crippen molar-refractivity contribution in [1.82, 2.24) is 15.1 Å². The monoisotopic (exact) mass is 411 g/mol. The number of amides is 1. The van der Waals surface area contributed by atoms with Crippen LogP contribution in [-0.4, -0.2) is 66.3 Å². The summed E-state index contributed by atoms with van der Waals surface area (Å²) in [6.45, 7) is 3.73. The molecule has 1 fully saturated rings. The SMILES string of the molecule is O=C(C1COc2ccccc2O1)N1CCN(C(=S)NCCc2ccccc2)CC1. The summed E-state index contributed by atoms with van der Waals surface area (Å²) < 4.78 is 11.5. The summed E-state index contributed by atoms with van der Waals surface area (Å²) in [5.41, 5.74) is 1.29. The first-order valence-electron chi connectivity index (χ1n) is 9.95. The molecular formula is C22H25N3O3S. The summed E-state index contributed by atoms with van der Waals surface area (Å²) >= 11 is 5.53. The number of hydrogen-bond acceptors (Lipinski definition) is 4. The predicted molar refractivity (Wildman–Crippen MR) is 115 cm³/mol. The van der Waals surface area contributed by atoms with Crippen molar-refractivity contribution in [2.24, 2.45) is 0 Å². The van der Waals surface area contributed by atoms with E-state index in [2.05, 4.69) is 22.3 Å². The zero-order chi connectivity index (χ0) is 20.1. The van der Waals surface area contributed by atoms with Crippen molar-refractivity contribution in [1.29, 1.82) is 0 Å². The Labute approximate surface area is 176 Å². The van der Waals surface area contributed by atoms with Crippen LogP contribution in [0.15, 0.2) is 54.6 Å². The van der Waals surface area contributed by atoms with E-state index in [1.807, 2.05) is 47.4 Å². The molecule has 7 heteroatoms. The number of para-hydroxylation sites is 2. The highest BCUT2D eigenvalue weighted by Crippen LogP contribution is 2.31. The second-order valence-electron chi connectivity index (χ2n) is 7.14. The van der Waals surface area contributed by atoms with Gasteiger partial charge in [-0.05, 0) is 36.3 Å². The molecule has 0 saturated carbocycles. The highest BCUT2D eigenvalue weighted by Gasteiger charge is 2.32. The summed E-state index contributed by atoms with van der Waals surface area (Å²) in [6, 6.07) is 17.8. The number of benzene rings is 2. The molecule has 29 heavy (non-hydrogen) atoms. The van der Waals surface area contributed by atoms with Crippen LogP contribution in [0.4, 0.5) is 0 Å². The number of rotatable bonds is 4. The fraction of sp³-hybridized carbons (Fsp3) is 0.364. The molecule has 2 aliphatic rings. The number of nitrogens with zero attached hydrogens (tertiary/aromatic N) is 2. The number of fused-ring (bicyclic) bond motifs is 1. The zero-order valence-corrected chi connectivity index (χ0v) is 17.1. The summed E-state index contributed by atoms with van der Waals surface area (Å²) in [5, 5.41) is 4.08. The Balaban J connectivity index is 1.22. The van der Waals surface area contributed by atoms with Crippen molar-refractivity contribution < 1.29 is 14.3 Å². The average molecular weight is 412 g/mol. The summed E-state index contributed by atoms with van der Waals surface area (Å²) in [4.78, 5) is 16.8. The van der Waals surface area contributed by atoms with Gasteiger partial charge in [0, 0.05) is 32.7 Å². The van der Waals surface area contributed by atoms with Crippen molar-refractivity contribution in [3.8, 4) is 11.5 Å². The quantitative estimate of drug-likeness (QED) is 0.778. The molecule has 2 aromatic rings. The molecule has 0 bridgehead atoms. The van der Waals surface area contributed by atoms with Crippen LogP contribution in [-0.2, 0) is 11.2 Å². The lowest BCUT2D eigenvalue weighted by atomic mass is 10.1. The Kier molecular flexibility index (Phi) is 6.14. The van der Waals surface area contributed by atoms with Crippen molar-refractivity contribution >= 4 is 23.2 Å². The van der Waals surface area contributed by atoms with Crippen LogP contribution < -0.4 is 14.8 Å². The van der Waals surface area contributed by atoms with Gasteiger partial charge < -0.3 is 24.6 Å². The van der Waals surface area contributed by atoms with E-state index < -0.39 is 6.10 Å². The van der Waals surface area contributed by atoms with Crippen LogP contribution in [0.25, 0.3) is 0 Å². The van der Waals surface area contributed by atoms with Crippen LogP contribution >= 0.6 is 12.2 Å². The van der Waals surface area contributed by atoms with Gasteiger partial charge in [0.2, 0.25) is 6.10 Å². The maximum atomic E-state index is 12.8. The molecule has 1 N–H and O–H groups in total. The first-order chi connectivity index (χ1) is 14.2. The summed E-state index contributed by atoms with van der Waals surface area (Å²) in [6.07, 6.45) is 0.340. The highest BCUT2D eigenvalue weighted by atomic mass is 32.1.